The summed E-state index contributed by atoms with van der Waals surface area (Å²) >= 11 is 6.09. The smallest absolute Gasteiger partial charge is 0.269 e. The molecule has 1 aromatic heterocycles. The summed E-state index contributed by atoms with van der Waals surface area (Å²) in [6, 6.07) is 3.62. The molecule has 0 bridgehead atoms. The van der Waals surface area contributed by atoms with Crippen molar-refractivity contribution in [3.63, 3.8) is 0 Å². The number of benzene rings is 1. The van der Waals surface area contributed by atoms with E-state index in [0.717, 1.165) is 5.56 Å². The molecule has 1 heterocycles. The normalized spacial score (nSPS) is 12.0. The minimum absolute atomic E-state index is 0.0623. The maximum atomic E-state index is 12.7. The number of non-ortho nitro benzene ring substituents is 1. The highest BCUT2D eigenvalue weighted by molar-refractivity contribution is 6.31. The van der Waals surface area contributed by atoms with E-state index in [1.165, 1.54) is 23.1 Å². The van der Waals surface area contributed by atoms with Gasteiger partial charge in [-0.2, -0.15) is 5.10 Å². The van der Waals surface area contributed by atoms with Gasteiger partial charge in [0.25, 0.3) is 5.69 Å². The number of nitro benzene ring substituents is 1. The zero-order valence-corrected chi connectivity index (χ0v) is 14.3. The van der Waals surface area contributed by atoms with Crippen LogP contribution >= 0.6 is 11.6 Å². The summed E-state index contributed by atoms with van der Waals surface area (Å²) in [5.41, 5.74) is 1.19. The van der Waals surface area contributed by atoms with Crippen LogP contribution in [-0.4, -0.2) is 39.6 Å². The topological polar surface area (TPSA) is 93.3 Å². The molecule has 0 aliphatic heterocycles. The first-order valence-electron chi connectivity index (χ1n) is 7.17. The van der Waals surface area contributed by atoms with Gasteiger partial charge >= 0.3 is 0 Å². The molecule has 128 valence electrons. The average Bonchev–Trinajstić information content (AvgIpc) is 2.96. The van der Waals surface area contributed by atoms with Crippen LogP contribution in [0, 0.1) is 10.1 Å². The molecular formula is C15H18ClN5O3. The quantitative estimate of drug-likeness (QED) is 0.633. The maximum Gasteiger partial charge on any atom is 0.269 e. The third kappa shape index (κ3) is 3.90. The first kappa shape index (κ1) is 17.9. The predicted octanol–water partition coefficient (Wildman–Crippen LogP) is 1.90. The van der Waals surface area contributed by atoms with Crippen LogP contribution in [0.15, 0.2) is 30.6 Å². The number of nitrogens with one attached hydrogen (secondary N) is 1. The van der Waals surface area contributed by atoms with Crippen molar-refractivity contribution in [2.24, 2.45) is 7.05 Å². The van der Waals surface area contributed by atoms with Crippen LogP contribution < -0.4 is 5.32 Å². The van der Waals surface area contributed by atoms with Gasteiger partial charge in [0.2, 0.25) is 5.91 Å². The summed E-state index contributed by atoms with van der Waals surface area (Å²) in [6.45, 7) is 0.164. The Morgan fingerprint density at radius 1 is 1.54 bits per heavy atom. The molecule has 0 saturated carbocycles. The summed E-state index contributed by atoms with van der Waals surface area (Å²) in [6.07, 6.45) is 3.38. The van der Waals surface area contributed by atoms with Gasteiger partial charge in [-0.3, -0.25) is 19.6 Å². The lowest BCUT2D eigenvalue weighted by Gasteiger charge is -2.23. The van der Waals surface area contributed by atoms with Gasteiger partial charge in [0.15, 0.2) is 0 Å². The molecule has 2 rings (SSSR count). The van der Waals surface area contributed by atoms with Crippen LogP contribution in [0.1, 0.15) is 17.2 Å². The van der Waals surface area contributed by atoms with Crippen LogP contribution in [0.5, 0.6) is 0 Å². The fourth-order valence-electron chi connectivity index (χ4n) is 2.37. The number of carbonyl (C=O) groups is 1. The Bertz CT molecular complexity index is 761. The van der Waals surface area contributed by atoms with E-state index < -0.39 is 11.0 Å². The maximum absolute atomic E-state index is 12.7. The average molecular weight is 352 g/mol. The third-order valence-corrected chi connectivity index (χ3v) is 3.99. The van der Waals surface area contributed by atoms with E-state index in [2.05, 4.69) is 10.4 Å². The molecule has 1 amide bonds. The molecule has 0 aliphatic carbocycles. The minimum atomic E-state index is -0.554. The van der Waals surface area contributed by atoms with E-state index in [0.29, 0.717) is 10.6 Å². The number of rotatable bonds is 6. The number of aryl methyl sites for hydroxylation is 1. The third-order valence-electron chi connectivity index (χ3n) is 3.62. The lowest BCUT2D eigenvalue weighted by Crippen LogP contribution is -2.37. The fraction of sp³-hybridized carbons (Fsp3) is 0.333. The zero-order chi connectivity index (χ0) is 17.9. The Labute approximate surface area is 144 Å². The van der Waals surface area contributed by atoms with E-state index in [1.807, 2.05) is 0 Å². The second-order valence-electron chi connectivity index (χ2n) is 5.40. The first-order valence-corrected chi connectivity index (χ1v) is 7.55. The summed E-state index contributed by atoms with van der Waals surface area (Å²) in [5, 5.41) is 18.3. The molecule has 0 radical (unpaired) electrons. The number of aromatic nitrogens is 2. The molecule has 1 unspecified atom stereocenters. The number of halogens is 1. The molecule has 1 N–H and O–H groups in total. The Kier molecular flexibility index (Phi) is 5.53. The van der Waals surface area contributed by atoms with Crippen LogP contribution in [-0.2, 0) is 18.4 Å². The van der Waals surface area contributed by atoms with E-state index in [9.17, 15) is 14.9 Å². The SMILES string of the molecule is CNC(C(=O)N(C)Cc1cc([N+](=O)[O-])ccc1Cl)c1cnn(C)c1. The van der Waals surface area contributed by atoms with Crippen molar-refractivity contribution in [1.29, 1.82) is 0 Å². The number of amides is 1. The Balaban J connectivity index is 2.19. The molecule has 2 aromatic rings. The number of nitro groups is 1. The summed E-state index contributed by atoms with van der Waals surface area (Å²) in [7, 11) is 5.08. The Morgan fingerprint density at radius 2 is 2.25 bits per heavy atom. The number of likely N-dealkylation sites (N-methyl/N-ethyl adjacent to an activating group) is 2. The van der Waals surface area contributed by atoms with Gasteiger partial charge in [0, 0.05) is 49.6 Å². The molecule has 1 atom stereocenters. The van der Waals surface area contributed by atoms with Crippen LogP contribution in [0.2, 0.25) is 5.02 Å². The molecule has 0 aliphatic rings. The lowest BCUT2D eigenvalue weighted by molar-refractivity contribution is -0.384. The monoisotopic (exact) mass is 351 g/mol. The number of hydrogen-bond acceptors (Lipinski definition) is 5. The van der Waals surface area contributed by atoms with Crippen LogP contribution in [0.25, 0.3) is 0 Å². The predicted molar refractivity (Wildman–Crippen MR) is 89.6 cm³/mol. The number of carbonyl (C=O) groups excluding carboxylic acids is 1. The van der Waals surface area contributed by atoms with E-state index in [-0.39, 0.29) is 18.1 Å². The largest absolute Gasteiger partial charge is 0.340 e. The fourth-order valence-corrected chi connectivity index (χ4v) is 2.55. The molecule has 9 heteroatoms. The lowest BCUT2D eigenvalue weighted by atomic mass is 10.1. The zero-order valence-electron chi connectivity index (χ0n) is 13.6. The Morgan fingerprint density at radius 3 is 2.79 bits per heavy atom. The molecule has 0 spiro atoms. The van der Waals surface area contributed by atoms with Crippen molar-refractivity contribution in [2.45, 2.75) is 12.6 Å². The summed E-state index contributed by atoms with van der Waals surface area (Å²) < 4.78 is 1.62. The van der Waals surface area contributed by atoms with Gasteiger partial charge in [-0.05, 0) is 18.7 Å². The van der Waals surface area contributed by atoms with Crippen molar-refractivity contribution in [3.05, 3.63) is 56.9 Å². The number of nitrogens with zero attached hydrogens (tertiary/aromatic N) is 4. The Hall–Kier alpha value is -2.45. The van der Waals surface area contributed by atoms with Crippen molar-refractivity contribution in [1.82, 2.24) is 20.0 Å². The van der Waals surface area contributed by atoms with Crippen molar-refractivity contribution < 1.29 is 9.72 Å². The highest BCUT2D eigenvalue weighted by atomic mass is 35.5. The molecule has 24 heavy (non-hydrogen) atoms. The van der Waals surface area contributed by atoms with Gasteiger partial charge in [0.05, 0.1) is 11.1 Å². The van der Waals surface area contributed by atoms with Gasteiger partial charge in [-0.15, -0.1) is 0 Å². The summed E-state index contributed by atoms with van der Waals surface area (Å²) in [4.78, 5) is 24.5. The van der Waals surface area contributed by atoms with E-state index >= 15 is 0 Å². The standard InChI is InChI=1S/C15H18ClN5O3/c1-17-14(11-7-18-20(3)9-11)15(22)19(2)8-10-6-12(21(23)24)4-5-13(10)16/h4-7,9,14,17H,8H2,1-3H3. The molecular weight excluding hydrogens is 334 g/mol. The molecule has 0 saturated heterocycles. The highest BCUT2D eigenvalue weighted by Crippen LogP contribution is 2.24. The van der Waals surface area contributed by atoms with E-state index in [1.54, 1.807) is 38.2 Å². The molecule has 1 aromatic carbocycles. The second kappa shape index (κ2) is 7.41. The molecule has 0 fully saturated rings. The van der Waals surface area contributed by atoms with Crippen LogP contribution in [0.4, 0.5) is 5.69 Å². The van der Waals surface area contributed by atoms with Crippen molar-refractivity contribution in [3.8, 4) is 0 Å². The van der Waals surface area contributed by atoms with Crippen molar-refractivity contribution >= 4 is 23.2 Å². The highest BCUT2D eigenvalue weighted by Gasteiger charge is 2.24. The second-order valence-corrected chi connectivity index (χ2v) is 5.80. The van der Waals surface area contributed by atoms with E-state index in [4.69, 9.17) is 11.6 Å². The first-order chi connectivity index (χ1) is 11.3. The van der Waals surface area contributed by atoms with Gasteiger partial charge in [-0.25, -0.2) is 0 Å². The van der Waals surface area contributed by atoms with Crippen molar-refractivity contribution in [2.75, 3.05) is 14.1 Å². The van der Waals surface area contributed by atoms with Gasteiger partial charge in [-0.1, -0.05) is 11.6 Å². The van der Waals surface area contributed by atoms with Gasteiger partial charge in [0.1, 0.15) is 6.04 Å². The minimum Gasteiger partial charge on any atom is -0.340 e. The van der Waals surface area contributed by atoms with Gasteiger partial charge < -0.3 is 10.2 Å². The molecule has 8 nitrogen and oxygen atoms in total. The van der Waals surface area contributed by atoms with Crippen LogP contribution in [0.3, 0.4) is 0 Å². The number of hydrogen-bond donors (Lipinski definition) is 1. The summed E-state index contributed by atoms with van der Waals surface area (Å²) in [5.74, 6) is -0.187.